The van der Waals surface area contributed by atoms with Gasteiger partial charge in [0, 0.05) is 38.6 Å². The smallest absolute Gasteiger partial charge is 0.277 e. The van der Waals surface area contributed by atoms with Crippen LogP contribution < -0.4 is 10.9 Å². The standard InChI is InChI=1S/C10H22N4O3S/c1-9(11)3-2-4-10(15)13-5-7-14(8-6-13)18(12,16)17/h9H,2-8,11H2,1H3,(H2,12,16,17). The van der Waals surface area contributed by atoms with Crippen molar-refractivity contribution in [3.05, 3.63) is 0 Å². The molecule has 1 unspecified atom stereocenters. The van der Waals surface area contributed by atoms with Gasteiger partial charge < -0.3 is 10.6 Å². The fourth-order valence-electron chi connectivity index (χ4n) is 1.93. The molecule has 106 valence electrons. The molecule has 0 aliphatic carbocycles. The Balaban J connectivity index is 2.32. The third-order valence-electron chi connectivity index (χ3n) is 3.00. The predicted octanol–water partition coefficient (Wildman–Crippen LogP) is -1.15. The Labute approximate surface area is 108 Å². The Morgan fingerprint density at radius 2 is 1.83 bits per heavy atom. The SMILES string of the molecule is CC(N)CCCC(=O)N1CCN(S(N)(=O)=O)CC1. The van der Waals surface area contributed by atoms with Crippen molar-refractivity contribution < 1.29 is 13.2 Å². The predicted molar refractivity (Wildman–Crippen MR) is 68.8 cm³/mol. The van der Waals surface area contributed by atoms with Gasteiger partial charge in [0.2, 0.25) is 5.91 Å². The largest absolute Gasteiger partial charge is 0.340 e. The molecule has 0 saturated carbocycles. The van der Waals surface area contributed by atoms with E-state index in [2.05, 4.69) is 0 Å². The number of hydrogen-bond donors (Lipinski definition) is 2. The summed E-state index contributed by atoms with van der Waals surface area (Å²) >= 11 is 0. The van der Waals surface area contributed by atoms with Crippen LogP contribution in [0, 0.1) is 0 Å². The number of carbonyl (C=O) groups excluding carboxylic acids is 1. The normalized spacial score (nSPS) is 19.8. The van der Waals surface area contributed by atoms with Crippen molar-refractivity contribution in [1.82, 2.24) is 9.21 Å². The fourth-order valence-corrected chi connectivity index (χ4v) is 2.60. The van der Waals surface area contributed by atoms with Gasteiger partial charge in [0.05, 0.1) is 0 Å². The highest BCUT2D eigenvalue weighted by Crippen LogP contribution is 2.08. The molecule has 0 aromatic rings. The van der Waals surface area contributed by atoms with Crippen molar-refractivity contribution in [2.24, 2.45) is 10.9 Å². The first kappa shape index (κ1) is 15.4. The molecule has 18 heavy (non-hydrogen) atoms. The first-order valence-corrected chi connectivity index (χ1v) is 7.62. The molecule has 0 spiro atoms. The zero-order valence-electron chi connectivity index (χ0n) is 10.7. The maximum atomic E-state index is 11.8. The van der Waals surface area contributed by atoms with Crippen molar-refractivity contribution in [3.63, 3.8) is 0 Å². The summed E-state index contributed by atoms with van der Waals surface area (Å²) in [6, 6.07) is 0.108. The molecule has 1 atom stereocenters. The molecular weight excluding hydrogens is 256 g/mol. The fraction of sp³-hybridized carbons (Fsp3) is 0.900. The summed E-state index contributed by atoms with van der Waals surface area (Å²) in [6.07, 6.45) is 2.06. The van der Waals surface area contributed by atoms with Gasteiger partial charge in [-0.1, -0.05) is 0 Å². The average molecular weight is 278 g/mol. The number of carbonyl (C=O) groups is 1. The summed E-state index contributed by atoms with van der Waals surface area (Å²) < 4.78 is 23.4. The molecule has 1 amide bonds. The van der Waals surface area contributed by atoms with Crippen LogP contribution in [0.2, 0.25) is 0 Å². The van der Waals surface area contributed by atoms with Gasteiger partial charge in [-0.25, -0.2) is 5.14 Å². The summed E-state index contributed by atoms with van der Waals surface area (Å²) in [5.74, 6) is 0.0599. The van der Waals surface area contributed by atoms with Gasteiger partial charge in [0.25, 0.3) is 10.2 Å². The van der Waals surface area contributed by atoms with E-state index in [4.69, 9.17) is 10.9 Å². The van der Waals surface area contributed by atoms with Crippen molar-refractivity contribution in [3.8, 4) is 0 Å². The lowest BCUT2D eigenvalue weighted by Gasteiger charge is -2.33. The van der Waals surface area contributed by atoms with Crippen molar-refractivity contribution in [2.75, 3.05) is 26.2 Å². The minimum atomic E-state index is -3.62. The molecule has 0 bridgehead atoms. The molecule has 4 N–H and O–H groups in total. The average Bonchev–Trinajstić information content (AvgIpc) is 2.27. The van der Waals surface area contributed by atoms with E-state index in [0.29, 0.717) is 19.5 Å². The van der Waals surface area contributed by atoms with Gasteiger partial charge in [-0.2, -0.15) is 12.7 Å². The highest BCUT2D eigenvalue weighted by molar-refractivity contribution is 7.86. The Hall–Kier alpha value is -0.700. The number of piperazine rings is 1. The van der Waals surface area contributed by atoms with Crippen LogP contribution in [-0.4, -0.2) is 55.8 Å². The second-order valence-corrected chi connectivity index (χ2v) is 6.24. The molecule has 0 radical (unpaired) electrons. The molecule has 1 aliphatic heterocycles. The van der Waals surface area contributed by atoms with Crippen LogP contribution in [0.5, 0.6) is 0 Å². The first-order chi connectivity index (χ1) is 8.30. The molecule has 8 heteroatoms. The van der Waals surface area contributed by atoms with Crippen LogP contribution in [0.4, 0.5) is 0 Å². The van der Waals surface area contributed by atoms with Gasteiger partial charge in [0.15, 0.2) is 0 Å². The van der Waals surface area contributed by atoms with Crippen molar-refractivity contribution in [1.29, 1.82) is 0 Å². The summed E-state index contributed by atoms with van der Waals surface area (Å²) in [7, 11) is -3.62. The van der Waals surface area contributed by atoms with Gasteiger partial charge in [-0.05, 0) is 19.8 Å². The summed E-state index contributed by atoms with van der Waals surface area (Å²) in [4.78, 5) is 13.5. The zero-order chi connectivity index (χ0) is 13.8. The summed E-state index contributed by atoms with van der Waals surface area (Å²) in [6.45, 7) is 3.28. The number of nitrogens with two attached hydrogens (primary N) is 2. The van der Waals surface area contributed by atoms with Crippen LogP contribution in [0.15, 0.2) is 0 Å². The zero-order valence-corrected chi connectivity index (χ0v) is 11.5. The minimum absolute atomic E-state index is 0.0599. The van der Waals surface area contributed by atoms with E-state index in [1.165, 1.54) is 4.31 Å². The maximum absolute atomic E-state index is 11.8. The van der Waals surface area contributed by atoms with Gasteiger partial charge >= 0.3 is 0 Å². The lowest BCUT2D eigenvalue weighted by Crippen LogP contribution is -2.52. The van der Waals surface area contributed by atoms with Crippen molar-refractivity contribution >= 4 is 16.1 Å². The number of rotatable bonds is 5. The quantitative estimate of drug-likeness (QED) is 0.661. The van der Waals surface area contributed by atoms with Crippen LogP contribution in [0.1, 0.15) is 26.2 Å². The van der Waals surface area contributed by atoms with Gasteiger partial charge in [-0.15, -0.1) is 0 Å². The molecule has 7 nitrogen and oxygen atoms in total. The van der Waals surface area contributed by atoms with Crippen LogP contribution >= 0.6 is 0 Å². The Morgan fingerprint density at radius 1 is 1.28 bits per heavy atom. The van der Waals surface area contributed by atoms with E-state index in [1.54, 1.807) is 4.90 Å². The molecule has 1 saturated heterocycles. The highest BCUT2D eigenvalue weighted by Gasteiger charge is 2.25. The minimum Gasteiger partial charge on any atom is -0.340 e. The topological polar surface area (TPSA) is 110 Å². The molecule has 1 fully saturated rings. The number of hydrogen-bond acceptors (Lipinski definition) is 4. The van der Waals surface area contributed by atoms with Gasteiger partial charge in [-0.3, -0.25) is 4.79 Å². The van der Waals surface area contributed by atoms with Crippen LogP contribution in [0.3, 0.4) is 0 Å². The molecule has 1 rings (SSSR count). The molecule has 0 aromatic carbocycles. The van der Waals surface area contributed by atoms with E-state index in [-0.39, 0.29) is 25.0 Å². The molecule has 1 heterocycles. The third kappa shape index (κ3) is 4.89. The Bertz CT molecular complexity index is 375. The molecular formula is C10H22N4O3S. The number of amides is 1. The monoisotopic (exact) mass is 278 g/mol. The number of nitrogens with zero attached hydrogens (tertiary/aromatic N) is 2. The maximum Gasteiger partial charge on any atom is 0.277 e. The second-order valence-electron chi connectivity index (χ2n) is 4.69. The van der Waals surface area contributed by atoms with E-state index in [9.17, 15) is 13.2 Å². The van der Waals surface area contributed by atoms with Crippen LogP contribution in [0.25, 0.3) is 0 Å². The summed E-state index contributed by atoms with van der Waals surface area (Å²) in [5, 5.41) is 5.03. The summed E-state index contributed by atoms with van der Waals surface area (Å²) in [5.41, 5.74) is 5.61. The Morgan fingerprint density at radius 3 is 2.28 bits per heavy atom. The van der Waals surface area contributed by atoms with E-state index >= 15 is 0 Å². The Kier molecular flexibility index (Phi) is 5.51. The van der Waals surface area contributed by atoms with E-state index < -0.39 is 10.2 Å². The molecule has 1 aliphatic rings. The lowest BCUT2D eigenvalue weighted by molar-refractivity contribution is -0.132. The molecule has 0 aromatic heterocycles. The first-order valence-electron chi connectivity index (χ1n) is 6.12. The van der Waals surface area contributed by atoms with Crippen LogP contribution in [-0.2, 0) is 15.0 Å². The van der Waals surface area contributed by atoms with E-state index in [1.807, 2.05) is 6.92 Å². The van der Waals surface area contributed by atoms with Crippen molar-refractivity contribution in [2.45, 2.75) is 32.2 Å². The third-order valence-corrected chi connectivity index (χ3v) is 4.09. The van der Waals surface area contributed by atoms with E-state index in [0.717, 1.165) is 12.8 Å². The highest BCUT2D eigenvalue weighted by atomic mass is 32.2. The lowest BCUT2D eigenvalue weighted by atomic mass is 10.1. The van der Waals surface area contributed by atoms with Gasteiger partial charge in [0.1, 0.15) is 0 Å². The second kappa shape index (κ2) is 6.46.